The van der Waals surface area contributed by atoms with Crippen LogP contribution in [0.15, 0.2) is 35.3 Å². The third-order valence-electron chi connectivity index (χ3n) is 3.07. The van der Waals surface area contributed by atoms with Crippen molar-refractivity contribution in [2.75, 3.05) is 46.9 Å². The van der Waals surface area contributed by atoms with E-state index in [0.717, 1.165) is 38.7 Å². The lowest BCUT2D eigenvalue weighted by atomic mass is 10.2. The van der Waals surface area contributed by atoms with Gasteiger partial charge in [-0.25, -0.2) is 4.99 Å². The first-order chi connectivity index (χ1) is 10.3. The molecule has 0 aliphatic carbocycles. The lowest BCUT2D eigenvalue weighted by molar-refractivity contribution is 0.162. The number of ether oxygens (including phenoxy) is 1. The van der Waals surface area contributed by atoms with Crippen molar-refractivity contribution in [3.05, 3.63) is 35.9 Å². The summed E-state index contributed by atoms with van der Waals surface area (Å²) in [5, 5.41) is 6.62. The molecule has 0 atom stereocenters. The summed E-state index contributed by atoms with van der Waals surface area (Å²) in [5.41, 5.74) is 1.21. The van der Waals surface area contributed by atoms with Crippen LogP contribution < -0.4 is 10.6 Å². The average Bonchev–Trinajstić information content (AvgIpc) is 2.51. The first-order valence-corrected chi connectivity index (χ1v) is 7.49. The molecular weight excluding hydrogens is 264 g/mol. The molecule has 118 valence electrons. The molecule has 0 heterocycles. The SMILES string of the molecule is CCNC(=NCc1ccccc1)NCCN(C)CCOC. The number of hydrogen-bond donors (Lipinski definition) is 2. The zero-order valence-corrected chi connectivity index (χ0v) is 13.4. The van der Waals surface area contributed by atoms with Gasteiger partial charge in [-0.05, 0) is 19.5 Å². The molecule has 0 amide bonds. The van der Waals surface area contributed by atoms with E-state index in [1.165, 1.54) is 5.56 Å². The van der Waals surface area contributed by atoms with Crippen LogP contribution in [0.2, 0.25) is 0 Å². The van der Waals surface area contributed by atoms with E-state index in [1.54, 1.807) is 7.11 Å². The second-order valence-corrected chi connectivity index (χ2v) is 4.90. The molecule has 0 unspecified atom stereocenters. The normalized spacial score (nSPS) is 11.7. The van der Waals surface area contributed by atoms with E-state index in [9.17, 15) is 0 Å². The van der Waals surface area contributed by atoms with Gasteiger partial charge in [0.15, 0.2) is 5.96 Å². The highest BCUT2D eigenvalue weighted by molar-refractivity contribution is 5.79. The van der Waals surface area contributed by atoms with Crippen LogP contribution in [-0.4, -0.2) is 57.8 Å². The maximum absolute atomic E-state index is 5.07. The molecule has 0 bridgehead atoms. The zero-order valence-electron chi connectivity index (χ0n) is 13.4. The van der Waals surface area contributed by atoms with Gasteiger partial charge in [-0.3, -0.25) is 0 Å². The van der Waals surface area contributed by atoms with Crippen molar-refractivity contribution in [2.45, 2.75) is 13.5 Å². The van der Waals surface area contributed by atoms with Crippen LogP contribution in [0.1, 0.15) is 12.5 Å². The molecule has 0 fully saturated rings. The molecule has 0 aliphatic heterocycles. The van der Waals surface area contributed by atoms with Gasteiger partial charge in [-0.1, -0.05) is 30.3 Å². The molecule has 1 rings (SSSR count). The zero-order chi connectivity index (χ0) is 15.3. The van der Waals surface area contributed by atoms with E-state index in [2.05, 4.69) is 46.6 Å². The summed E-state index contributed by atoms with van der Waals surface area (Å²) < 4.78 is 5.07. The lowest BCUT2D eigenvalue weighted by Gasteiger charge is -2.17. The maximum atomic E-state index is 5.07. The Morgan fingerprint density at radius 1 is 1.19 bits per heavy atom. The Kier molecular flexibility index (Phi) is 9.24. The number of methoxy groups -OCH3 is 1. The molecule has 0 radical (unpaired) electrons. The van der Waals surface area contributed by atoms with Crippen molar-refractivity contribution in [1.29, 1.82) is 0 Å². The minimum Gasteiger partial charge on any atom is -0.383 e. The Hall–Kier alpha value is -1.59. The molecule has 1 aromatic carbocycles. The number of aliphatic imine (C=N–C) groups is 1. The van der Waals surface area contributed by atoms with E-state index in [4.69, 9.17) is 4.74 Å². The highest BCUT2D eigenvalue weighted by Gasteiger charge is 2.00. The Morgan fingerprint density at radius 2 is 1.95 bits per heavy atom. The summed E-state index contributed by atoms with van der Waals surface area (Å²) >= 11 is 0. The van der Waals surface area contributed by atoms with Crippen LogP contribution >= 0.6 is 0 Å². The van der Waals surface area contributed by atoms with Crippen LogP contribution in [0.3, 0.4) is 0 Å². The Bertz CT molecular complexity index is 395. The molecule has 1 aromatic rings. The van der Waals surface area contributed by atoms with Crippen LogP contribution in [0.4, 0.5) is 0 Å². The summed E-state index contributed by atoms with van der Waals surface area (Å²) in [4.78, 5) is 6.83. The fraction of sp³-hybridized carbons (Fsp3) is 0.562. The maximum Gasteiger partial charge on any atom is 0.191 e. The van der Waals surface area contributed by atoms with Crippen molar-refractivity contribution in [2.24, 2.45) is 4.99 Å². The van der Waals surface area contributed by atoms with E-state index < -0.39 is 0 Å². The van der Waals surface area contributed by atoms with Crippen molar-refractivity contribution in [3.63, 3.8) is 0 Å². The van der Waals surface area contributed by atoms with Gasteiger partial charge in [0.05, 0.1) is 13.2 Å². The number of benzene rings is 1. The number of likely N-dealkylation sites (N-methyl/N-ethyl adjacent to an activating group) is 1. The third kappa shape index (κ3) is 8.32. The van der Waals surface area contributed by atoms with Crippen molar-refractivity contribution in [3.8, 4) is 0 Å². The third-order valence-corrected chi connectivity index (χ3v) is 3.07. The average molecular weight is 292 g/mol. The second-order valence-electron chi connectivity index (χ2n) is 4.90. The second kappa shape index (κ2) is 11.1. The molecule has 2 N–H and O–H groups in total. The molecule has 0 aromatic heterocycles. The summed E-state index contributed by atoms with van der Waals surface area (Å²) in [6.07, 6.45) is 0. The van der Waals surface area contributed by atoms with Gasteiger partial charge >= 0.3 is 0 Å². The Morgan fingerprint density at radius 3 is 2.62 bits per heavy atom. The smallest absolute Gasteiger partial charge is 0.191 e. The minimum atomic E-state index is 0.690. The lowest BCUT2D eigenvalue weighted by Crippen LogP contribution is -2.41. The van der Waals surface area contributed by atoms with E-state index in [-0.39, 0.29) is 0 Å². The van der Waals surface area contributed by atoms with Gasteiger partial charge in [0, 0.05) is 33.3 Å². The number of rotatable bonds is 9. The monoisotopic (exact) mass is 292 g/mol. The molecule has 0 aliphatic rings. The largest absolute Gasteiger partial charge is 0.383 e. The Balaban J connectivity index is 2.35. The Labute approximate surface area is 128 Å². The van der Waals surface area contributed by atoms with Crippen molar-refractivity contribution < 1.29 is 4.74 Å². The molecule has 0 saturated carbocycles. The molecule has 5 nitrogen and oxygen atoms in total. The van der Waals surface area contributed by atoms with Crippen LogP contribution in [-0.2, 0) is 11.3 Å². The van der Waals surface area contributed by atoms with Gasteiger partial charge in [0.2, 0.25) is 0 Å². The summed E-state index contributed by atoms with van der Waals surface area (Å²) in [7, 11) is 3.82. The van der Waals surface area contributed by atoms with Gasteiger partial charge in [0.1, 0.15) is 0 Å². The summed E-state index contributed by atoms with van der Waals surface area (Å²) in [6, 6.07) is 10.3. The highest BCUT2D eigenvalue weighted by atomic mass is 16.5. The molecule has 5 heteroatoms. The summed E-state index contributed by atoms with van der Waals surface area (Å²) in [6.45, 7) is 7.15. The fourth-order valence-corrected chi connectivity index (χ4v) is 1.82. The topological polar surface area (TPSA) is 48.9 Å². The van der Waals surface area contributed by atoms with E-state index in [0.29, 0.717) is 6.54 Å². The summed E-state index contributed by atoms with van der Waals surface area (Å²) in [5.74, 6) is 0.862. The van der Waals surface area contributed by atoms with Gasteiger partial charge in [-0.15, -0.1) is 0 Å². The molecule has 0 spiro atoms. The number of guanidine groups is 1. The van der Waals surface area contributed by atoms with E-state index >= 15 is 0 Å². The van der Waals surface area contributed by atoms with Crippen molar-refractivity contribution >= 4 is 5.96 Å². The first kappa shape index (κ1) is 17.5. The molecular formula is C16H28N4O. The van der Waals surface area contributed by atoms with Gasteiger partial charge < -0.3 is 20.3 Å². The number of nitrogens with zero attached hydrogens (tertiary/aromatic N) is 2. The van der Waals surface area contributed by atoms with Crippen LogP contribution in [0.25, 0.3) is 0 Å². The predicted molar refractivity (Wildman–Crippen MR) is 88.6 cm³/mol. The van der Waals surface area contributed by atoms with Crippen LogP contribution in [0, 0.1) is 0 Å². The van der Waals surface area contributed by atoms with Crippen molar-refractivity contribution in [1.82, 2.24) is 15.5 Å². The van der Waals surface area contributed by atoms with Crippen LogP contribution in [0.5, 0.6) is 0 Å². The predicted octanol–water partition coefficient (Wildman–Crippen LogP) is 1.32. The molecule has 0 saturated heterocycles. The minimum absolute atomic E-state index is 0.690. The first-order valence-electron chi connectivity index (χ1n) is 7.49. The molecule has 21 heavy (non-hydrogen) atoms. The number of nitrogens with one attached hydrogen (secondary N) is 2. The fourth-order valence-electron chi connectivity index (χ4n) is 1.82. The quantitative estimate of drug-likeness (QED) is 0.532. The number of hydrogen-bond acceptors (Lipinski definition) is 3. The van der Waals surface area contributed by atoms with E-state index in [1.807, 2.05) is 18.2 Å². The van der Waals surface area contributed by atoms with Gasteiger partial charge in [-0.2, -0.15) is 0 Å². The van der Waals surface area contributed by atoms with Gasteiger partial charge in [0.25, 0.3) is 0 Å². The highest BCUT2D eigenvalue weighted by Crippen LogP contribution is 1.99. The standard InChI is InChI=1S/C16H28N4O/c1-4-17-16(18-10-11-20(2)12-13-21-3)19-14-15-8-6-5-7-9-15/h5-9H,4,10-14H2,1-3H3,(H2,17,18,19).